The number of amides is 1. The molecule has 0 bridgehead atoms. The maximum atomic E-state index is 13.6. The predicted molar refractivity (Wildman–Crippen MR) is 160 cm³/mol. The number of anilines is 1. The minimum absolute atomic E-state index is 0.0278. The Morgan fingerprint density at radius 2 is 1.68 bits per heavy atom. The highest BCUT2D eigenvalue weighted by Crippen LogP contribution is 2.28. The van der Waals surface area contributed by atoms with Crippen molar-refractivity contribution in [1.29, 1.82) is 0 Å². The normalized spacial score (nSPS) is 18.3. The molecule has 2 saturated heterocycles. The van der Waals surface area contributed by atoms with Crippen molar-refractivity contribution in [2.45, 2.75) is 25.9 Å². The van der Waals surface area contributed by atoms with E-state index < -0.39 is 0 Å². The van der Waals surface area contributed by atoms with Crippen molar-refractivity contribution >= 4 is 34.2 Å². The molecule has 1 atom stereocenters. The van der Waals surface area contributed by atoms with Gasteiger partial charge < -0.3 is 19.1 Å². The van der Waals surface area contributed by atoms with E-state index in [-0.39, 0.29) is 11.8 Å². The van der Waals surface area contributed by atoms with Crippen molar-refractivity contribution < 1.29 is 9.53 Å². The Labute approximate surface area is 240 Å². The van der Waals surface area contributed by atoms with Gasteiger partial charge in [-0.3, -0.25) is 9.69 Å². The summed E-state index contributed by atoms with van der Waals surface area (Å²) < 4.78 is 7.65. The average molecular weight is 558 g/mol. The van der Waals surface area contributed by atoms with Crippen LogP contribution < -0.4 is 9.64 Å². The van der Waals surface area contributed by atoms with E-state index >= 15 is 0 Å². The highest BCUT2D eigenvalue weighted by atomic mass is 35.5. The van der Waals surface area contributed by atoms with Crippen LogP contribution >= 0.6 is 11.6 Å². The summed E-state index contributed by atoms with van der Waals surface area (Å²) in [4.78, 5) is 25.4. The molecule has 7 nitrogen and oxygen atoms in total. The van der Waals surface area contributed by atoms with Crippen molar-refractivity contribution in [1.82, 2.24) is 19.4 Å². The predicted octanol–water partition coefficient (Wildman–Crippen LogP) is 5.31. The highest BCUT2D eigenvalue weighted by Gasteiger charge is 2.32. The molecular formula is C32H36ClN5O2. The van der Waals surface area contributed by atoms with E-state index in [9.17, 15) is 4.79 Å². The lowest BCUT2D eigenvalue weighted by Crippen LogP contribution is -2.52. The Balaban J connectivity index is 1.12. The Bertz CT molecular complexity index is 1460. The Hall–Kier alpha value is -3.55. The molecule has 0 spiro atoms. The first kappa shape index (κ1) is 26.7. The van der Waals surface area contributed by atoms with E-state index in [0.29, 0.717) is 0 Å². The monoisotopic (exact) mass is 557 g/mol. The van der Waals surface area contributed by atoms with E-state index in [1.54, 1.807) is 7.11 Å². The lowest BCUT2D eigenvalue weighted by molar-refractivity contribution is -0.137. The van der Waals surface area contributed by atoms with Gasteiger partial charge in [0.2, 0.25) is 5.91 Å². The van der Waals surface area contributed by atoms with E-state index in [1.807, 2.05) is 36.4 Å². The van der Waals surface area contributed by atoms with Crippen LogP contribution in [-0.4, -0.2) is 71.6 Å². The SMILES string of the molecule is COc1ccc(Cn2c(CN3CCC[C@@H](C(=O)N4CCN(c5ccccc5Cl)CC4)C3)nc3ccccc32)cc1. The van der Waals surface area contributed by atoms with Crippen LogP contribution in [0.25, 0.3) is 11.0 Å². The van der Waals surface area contributed by atoms with Crippen molar-refractivity contribution in [2.24, 2.45) is 5.92 Å². The van der Waals surface area contributed by atoms with Crippen LogP contribution in [0.2, 0.25) is 5.02 Å². The molecule has 2 aliphatic rings. The number of para-hydroxylation sites is 3. The summed E-state index contributed by atoms with van der Waals surface area (Å²) in [5.74, 6) is 2.21. The standard InChI is InChI=1S/C32H36ClN5O2/c1-40-26-14-12-24(13-15-26)21-38-30-11-5-3-9-28(30)34-31(38)23-35-16-6-7-25(22-35)32(39)37-19-17-36(18-20-37)29-10-4-2-8-27(29)33/h2-5,8-15,25H,6-7,16-23H2,1H3/t25-/m1/s1. The molecule has 2 fully saturated rings. The summed E-state index contributed by atoms with van der Waals surface area (Å²) in [7, 11) is 1.69. The number of carbonyl (C=O) groups is 1. The van der Waals surface area contributed by atoms with E-state index in [0.717, 1.165) is 98.5 Å². The minimum atomic E-state index is 0.0278. The number of hydrogen-bond donors (Lipinski definition) is 0. The number of rotatable bonds is 7. The van der Waals surface area contributed by atoms with Crippen LogP contribution in [0.3, 0.4) is 0 Å². The summed E-state index contributed by atoms with van der Waals surface area (Å²) >= 11 is 6.42. The number of imidazole rings is 1. The quantitative estimate of drug-likeness (QED) is 0.308. The first-order valence-electron chi connectivity index (χ1n) is 14.2. The van der Waals surface area contributed by atoms with Gasteiger partial charge in [0.15, 0.2) is 0 Å². The fraction of sp³-hybridized carbons (Fsp3) is 0.375. The zero-order valence-corrected chi connectivity index (χ0v) is 23.8. The second-order valence-electron chi connectivity index (χ2n) is 10.8. The summed E-state index contributed by atoms with van der Waals surface area (Å²) in [6.07, 6.45) is 1.97. The van der Waals surface area contributed by atoms with Crippen molar-refractivity contribution in [3.63, 3.8) is 0 Å². The van der Waals surface area contributed by atoms with Gasteiger partial charge in [-0.1, -0.05) is 48.0 Å². The smallest absolute Gasteiger partial charge is 0.227 e. The van der Waals surface area contributed by atoms with Gasteiger partial charge in [0.05, 0.1) is 41.3 Å². The van der Waals surface area contributed by atoms with Gasteiger partial charge in [-0.15, -0.1) is 0 Å². The number of halogens is 1. The molecule has 1 amide bonds. The summed E-state index contributed by atoms with van der Waals surface area (Å²) in [5.41, 5.74) is 4.40. The average Bonchev–Trinajstić information content (AvgIpc) is 3.34. The molecule has 0 unspecified atom stereocenters. The largest absolute Gasteiger partial charge is 0.497 e. The lowest BCUT2D eigenvalue weighted by Gasteiger charge is -2.40. The number of fused-ring (bicyclic) bond motifs is 1. The third-order valence-electron chi connectivity index (χ3n) is 8.24. The number of methoxy groups -OCH3 is 1. The van der Waals surface area contributed by atoms with Gasteiger partial charge in [0.1, 0.15) is 11.6 Å². The van der Waals surface area contributed by atoms with Gasteiger partial charge >= 0.3 is 0 Å². The Morgan fingerprint density at radius 3 is 2.45 bits per heavy atom. The number of ether oxygens (including phenoxy) is 1. The van der Waals surface area contributed by atoms with Crippen molar-refractivity contribution in [3.8, 4) is 5.75 Å². The molecule has 208 valence electrons. The maximum absolute atomic E-state index is 13.6. The molecular weight excluding hydrogens is 522 g/mol. The molecule has 2 aliphatic heterocycles. The molecule has 0 saturated carbocycles. The number of carbonyl (C=O) groups excluding carboxylic acids is 1. The maximum Gasteiger partial charge on any atom is 0.227 e. The number of likely N-dealkylation sites (tertiary alicyclic amines) is 1. The fourth-order valence-corrected chi connectivity index (χ4v) is 6.33. The molecule has 0 N–H and O–H groups in total. The number of nitrogens with zero attached hydrogens (tertiary/aromatic N) is 5. The molecule has 40 heavy (non-hydrogen) atoms. The number of benzene rings is 3. The minimum Gasteiger partial charge on any atom is -0.497 e. The second-order valence-corrected chi connectivity index (χ2v) is 11.2. The van der Waals surface area contributed by atoms with Crippen molar-refractivity contribution in [3.05, 3.63) is 89.2 Å². The summed E-state index contributed by atoms with van der Waals surface area (Å²) in [6.45, 7) is 6.31. The Kier molecular flexibility index (Phi) is 7.93. The van der Waals surface area contributed by atoms with Gasteiger partial charge in [-0.25, -0.2) is 4.98 Å². The zero-order chi connectivity index (χ0) is 27.5. The van der Waals surface area contributed by atoms with Gasteiger partial charge in [0.25, 0.3) is 0 Å². The van der Waals surface area contributed by atoms with Crippen LogP contribution in [0.4, 0.5) is 5.69 Å². The fourth-order valence-electron chi connectivity index (χ4n) is 6.07. The molecule has 3 heterocycles. The summed E-state index contributed by atoms with van der Waals surface area (Å²) in [5, 5.41) is 0.767. The Morgan fingerprint density at radius 1 is 0.925 bits per heavy atom. The first-order chi connectivity index (χ1) is 19.6. The van der Waals surface area contributed by atoms with E-state index in [2.05, 4.69) is 55.7 Å². The second kappa shape index (κ2) is 11.9. The van der Waals surface area contributed by atoms with Gasteiger partial charge in [0, 0.05) is 39.3 Å². The first-order valence-corrected chi connectivity index (χ1v) is 14.5. The van der Waals surface area contributed by atoms with Gasteiger partial charge in [-0.05, 0) is 61.3 Å². The van der Waals surface area contributed by atoms with E-state index in [4.69, 9.17) is 21.3 Å². The molecule has 0 radical (unpaired) electrons. The zero-order valence-electron chi connectivity index (χ0n) is 23.0. The molecule has 3 aromatic carbocycles. The highest BCUT2D eigenvalue weighted by molar-refractivity contribution is 6.33. The molecule has 8 heteroatoms. The van der Waals surface area contributed by atoms with Crippen LogP contribution in [0.15, 0.2) is 72.8 Å². The summed E-state index contributed by atoms with van der Waals surface area (Å²) in [6, 6.07) is 24.5. The van der Waals surface area contributed by atoms with Crippen LogP contribution in [0, 0.1) is 5.92 Å². The van der Waals surface area contributed by atoms with E-state index in [1.165, 1.54) is 5.56 Å². The number of aromatic nitrogens is 2. The van der Waals surface area contributed by atoms with Gasteiger partial charge in [-0.2, -0.15) is 0 Å². The molecule has 4 aromatic rings. The third-order valence-corrected chi connectivity index (χ3v) is 8.56. The topological polar surface area (TPSA) is 53.8 Å². The van der Waals surface area contributed by atoms with Crippen LogP contribution in [0.5, 0.6) is 5.75 Å². The number of piperidine rings is 1. The molecule has 6 rings (SSSR count). The van der Waals surface area contributed by atoms with Crippen LogP contribution in [0.1, 0.15) is 24.2 Å². The molecule has 0 aliphatic carbocycles. The third kappa shape index (κ3) is 5.67. The number of hydrogen-bond acceptors (Lipinski definition) is 5. The van der Waals surface area contributed by atoms with Crippen molar-refractivity contribution in [2.75, 3.05) is 51.3 Å². The molecule has 1 aromatic heterocycles. The van der Waals surface area contributed by atoms with Crippen LogP contribution in [-0.2, 0) is 17.9 Å². The number of piperazine rings is 1. The lowest BCUT2D eigenvalue weighted by atomic mass is 9.96.